The summed E-state index contributed by atoms with van der Waals surface area (Å²) >= 11 is 6.29. The van der Waals surface area contributed by atoms with E-state index in [1.807, 2.05) is 12.1 Å². The Balaban J connectivity index is 2.58. The molecule has 152 valence electrons. The molecule has 28 heavy (non-hydrogen) atoms. The maximum atomic E-state index is 11.7. The van der Waals surface area contributed by atoms with E-state index in [2.05, 4.69) is 18.7 Å². The third-order valence-corrected chi connectivity index (χ3v) is 4.88. The van der Waals surface area contributed by atoms with Gasteiger partial charge in [-0.15, -0.1) is 0 Å². The molecule has 0 radical (unpaired) electrons. The van der Waals surface area contributed by atoms with Crippen LogP contribution >= 0.6 is 11.6 Å². The third kappa shape index (κ3) is 5.63. The van der Waals surface area contributed by atoms with E-state index in [9.17, 15) is 9.90 Å². The molecule has 2 rings (SSSR count). The lowest BCUT2D eigenvalue weighted by molar-refractivity contribution is 0.0696. The van der Waals surface area contributed by atoms with Gasteiger partial charge in [0.05, 0.1) is 16.3 Å². The molecule has 0 saturated heterocycles. The van der Waals surface area contributed by atoms with E-state index in [1.54, 1.807) is 24.3 Å². The molecule has 0 bridgehead atoms. The van der Waals surface area contributed by atoms with Crippen molar-refractivity contribution in [3.05, 3.63) is 52.5 Å². The number of nitrogens with zero attached hydrogens (tertiary/aromatic N) is 1. The lowest BCUT2D eigenvalue weighted by Crippen LogP contribution is -2.27. The molecule has 0 unspecified atom stereocenters. The highest BCUT2D eigenvalue weighted by Crippen LogP contribution is 2.39. The second-order valence-electron chi connectivity index (χ2n) is 6.72. The van der Waals surface area contributed by atoms with Gasteiger partial charge in [0.2, 0.25) is 0 Å². The molecule has 0 aliphatic carbocycles. The molecular weight excluding hydrogens is 376 g/mol. The zero-order valence-electron chi connectivity index (χ0n) is 16.6. The average Bonchev–Trinajstić information content (AvgIpc) is 2.69. The van der Waals surface area contributed by atoms with Gasteiger partial charge in [-0.1, -0.05) is 50.4 Å². The first-order chi connectivity index (χ1) is 13.5. The quantitative estimate of drug-likeness (QED) is 0.502. The summed E-state index contributed by atoms with van der Waals surface area (Å²) in [6.07, 6.45) is 4.10. The lowest BCUT2D eigenvalue weighted by Gasteiger charge is -2.28. The molecule has 0 amide bonds. The van der Waals surface area contributed by atoms with Crippen LogP contribution in [0, 0.1) is 0 Å². The SMILES string of the molecule is CCCCN(CCCC)c1cc(C(=O)O)cc(CN)c1Oc1ccccc1Cl. The Morgan fingerprint density at radius 1 is 1.14 bits per heavy atom. The average molecular weight is 405 g/mol. The van der Waals surface area contributed by atoms with E-state index < -0.39 is 5.97 Å². The summed E-state index contributed by atoms with van der Waals surface area (Å²) in [6.45, 7) is 6.09. The van der Waals surface area contributed by atoms with Crippen LogP contribution in [0.15, 0.2) is 36.4 Å². The van der Waals surface area contributed by atoms with Crippen molar-refractivity contribution in [2.24, 2.45) is 5.73 Å². The van der Waals surface area contributed by atoms with Gasteiger partial charge in [-0.05, 0) is 37.1 Å². The van der Waals surface area contributed by atoms with Gasteiger partial charge in [-0.3, -0.25) is 0 Å². The minimum Gasteiger partial charge on any atom is -0.478 e. The molecule has 0 fully saturated rings. The number of benzene rings is 2. The number of carboxylic acids is 1. The fourth-order valence-corrected chi connectivity index (χ4v) is 3.16. The number of halogens is 1. The second-order valence-corrected chi connectivity index (χ2v) is 7.13. The van der Waals surface area contributed by atoms with Crippen molar-refractivity contribution in [2.45, 2.75) is 46.1 Å². The van der Waals surface area contributed by atoms with Crippen LogP contribution in [0.25, 0.3) is 0 Å². The van der Waals surface area contributed by atoms with E-state index >= 15 is 0 Å². The topological polar surface area (TPSA) is 75.8 Å². The standard InChI is InChI=1S/C22H29ClN2O3/c1-3-5-11-25(12-6-4-2)19-14-16(22(26)27)13-17(15-24)21(19)28-20-10-8-7-9-18(20)23/h7-10,13-14H,3-6,11-12,15,24H2,1-2H3,(H,26,27). The Morgan fingerprint density at radius 2 is 1.79 bits per heavy atom. The molecule has 0 saturated carbocycles. The molecular formula is C22H29ClN2O3. The van der Waals surface area contributed by atoms with Crippen molar-refractivity contribution in [3.8, 4) is 11.5 Å². The molecule has 0 aromatic heterocycles. The number of nitrogens with two attached hydrogens (primary N) is 1. The van der Waals surface area contributed by atoms with Crippen molar-refractivity contribution in [3.63, 3.8) is 0 Å². The van der Waals surface area contributed by atoms with Crippen molar-refractivity contribution in [1.82, 2.24) is 0 Å². The molecule has 0 aliphatic heterocycles. The number of hydrogen-bond donors (Lipinski definition) is 2. The zero-order chi connectivity index (χ0) is 20.5. The fraction of sp³-hybridized carbons (Fsp3) is 0.409. The van der Waals surface area contributed by atoms with Crippen LogP contribution in [0.5, 0.6) is 11.5 Å². The highest BCUT2D eigenvalue weighted by Gasteiger charge is 2.20. The summed E-state index contributed by atoms with van der Waals surface area (Å²) in [5.74, 6) is 0.119. The van der Waals surface area contributed by atoms with E-state index in [0.29, 0.717) is 22.1 Å². The molecule has 5 nitrogen and oxygen atoms in total. The second kappa shape index (κ2) is 10.9. The number of aromatic carboxylic acids is 1. The Kier molecular flexibility index (Phi) is 8.61. The minimum atomic E-state index is -0.980. The van der Waals surface area contributed by atoms with Gasteiger partial charge in [-0.2, -0.15) is 0 Å². The number of unbranched alkanes of at least 4 members (excludes halogenated alkanes) is 2. The van der Waals surface area contributed by atoms with Crippen molar-refractivity contribution in [1.29, 1.82) is 0 Å². The van der Waals surface area contributed by atoms with Gasteiger partial charge in [0.1, 0.15) is 5.75 Å². The fourth-order valence-electron chi connectivity index (χ4n) is 2.99. The Morgan fingerprint density at radius 3 is 2.32 bits per heavy atom. The van der Waals surface area contributed by atoms with Gasteiger partial charge >= 0.3 is 5.97 Å². The van der Waals surface area contributed by atoms with Crippen LogP contribution in [0.2, 0.25) is 5.02 Å². The first kappa shape index (κ1) is 22.1. The summed E-state index contributed by atoms with van der Waals surface area (Å²) < 4.78 is 6.19. The van der Waals surface area contributed by atoms with Gasteiger partial charge < -0.3 is 20.5 Å². The predicted molar refractivity (Wildman–Crippen MR) is 115 cm³/mol. The summed E-state index contributed by atoms with van der Waals surface area (Å²) in [4.78, 5) is 13.9. The van der Waals surface area contributed by atoms with Crippen LogP contribution in [0.4, 0.5) is 5.69 Å². The Labute approximate surface area is 172 Å². The van der Waals surface area contributed by atoms with Gasteiger partial charge in [0.15, 0.2) is 5.75 Å². The lowest BCUT2D eigenvalue weighted by atomic mass is 10.1. The van der Waals surface area contributed by atoms with Crippen LogP contribution < -0.4 is 15.4 Å². The summed E-state index contributed by atoms with van der Waals surface area (Å²) in [5.41, 5.74) is 7.56. The zero-order valence-corrected chi connectivity index (χ0v) is 17.3. The summed E-state index contributed by atoms with van der Waals surface area (Å²) in [6, 6.07) is 10.5. The smallest absolute Gasteiger partial charge is 0.335 e. The van der Waals surface area contributed by atoms with Gasteiger partial charge in [0.25, 0.3) is 0 Å². The number of carboxylic acid groups (broad SMARTS) is 1. The van der Waals surface area contributed by atoms with Crippen molar-refractivity contribution in [2.75, 3.05) is 18.0 Å². The molecule has 0 atom stereocenters. The first-order valence-electron chi connectivity index (χ1n) is 9.79. The number of carbonyl (C=O) groups is 1. The number of anilines is 1. The van der Waals surface area contributed by atoms with E-state index in [-0.39, 0.29) is 12.1 Å². The molecule has 0 heterocycles. The Bertz CT molecular complexity index is 787. The number of rotatable bonds is 11. The molecule has 0 aliphatic rings. The normalized spacial score (nSPS) is 10.7. The van der Waals surface area contributed by atoms with Crippen LogP contribution in [0.1, 0.15) is 55.5 Å². The van der Waals surface area contributed by atoms with E-state index in [1.165, 1.54) is 0 Å². The van der Waals surface area contributed by atoms with Crippen LogP contribution in [-0.4, -0.2) is 24.2 Å². The predicted octanol–water partition coefficient (Wildman–Crippen LogP) is 5.70. The van der Waals surface area contributed by atoms with Gasteiger partial charge in [-0.25, -0.2) is 4.79 Å². The highest BCUT2D eigenvalue weighted by molar-refractivity contribution is 6.32. The Hall–Kier alpha value is -2.24. The summed E-state index contributed by atoms with van der Waals surface area (Å²) in [5, 5.41) is 10.1. The number of para-hydroxylation sites is 1. The summed E-state index contributed by atoms with van der Waals surface area (Å²) in [7, 11) is 0. The molecule has 2 aromatic rings. The van der Waals surface area contributed by atoms with E-state index in [4.69, 9.17) is 22.1 Å². The van der Waals surface area contributed by atoms with Crippen LogP contribution in [-0.2, 0) is 6.54 Å². The highest BCUT2D eigenvalue weighted by atomic mass is 35.5. The van der Waals surface area contributed by atoms with Crippen molar-refractivity contribution < 1.29 is 14.6 Å². The maximum Gasteiger partial charge on any atom is 0.335 e. The number of hydrogen-bond acceptors (Lipinski definition) is 4. The van der Waals surface area contributed by atoms with Gasteiger partial charge in [0, 0.05) is 25.2 Å². The monoisotopic (exact) mass is 404 g/mol. The molecule has 6 heteroatoms. The maximum absolute atomic E-state index is 11.7. The first-order valence-corrected chi connectivity index (χ1v) is 10.2. The largest absolute Gasteiger partial charge is 0.478 e. The molecule has 2 aromatic carbocycles. The third-order valence-electron chi connectivity index (χ3n) is 4.57. The number of ether oxygens (including phenoxy) is 1. The molecule has 3 N–H and O–H groups in total. The van der Waals surface area contributed by atoms with Crippen LogP contribution in [0.3, 0.4) is 0 Å². The van der Waals surface area contributed by atoms with Crippen molar-refractivity contribution >= 4 is 23.3 Å². The minimum absolute atomic E-state index is 0.170. The molecule has 0 spiro atoms. The van der Waals surface area contributed by atoms with E-state index in [0.717, 1.165) is 44.5 Å².